The molecule has 3 unspecified atom stereocenters. The Bertz CT molecular complexity index is 659. The largest absolute Gasteiger partial charge is 0.369 e. The van der Waals surface area contributed by atoms with E-state index in [0.29, 0.717) is 0 Å². The lowest BCUT2D eigenvalue weighted by molar-refractivity contribution is 0.231. The minimum Gasteiger partial charge on any atom is -0.369 e. The summed E-state index contributed by atoms with van der Waals surface area (Å²) >= 11 is 0. The Morgan fingerprint density at radius 3 is 3.00 bits per heavy atom. The van der Waals surface area contributed by atoms with Gasteiger partial charge in [-0.3, -0.25) is 4.68 Å². The van der Waals surface area contributed by atoms with Crippen LogP contribution in [-0.2, 0) is 7.05 Å². The van der Waals surface area contributed by atoms with Crippen molar-refractivity contribution in [3.8, 4) is 0 Å². The second-order valence-electron chi connectivity index (χ2n) is 6.03. The maximum Gasteiger partial charge on any atom is 0.186 e. The number of nitrogens with one attached hydrogen (secondary N) is 1. The molecule has 2 bridgehead atoms. The van der Waals surface area contributed by atoms with E-state index in [1.54, 1.807) is 11.0 Å². The van der Waals surface area contributed by atoms with Crippen molar-refractivity contribution in [1.82, 2.24) is 19.7 Å². The Hall–Kier alpha value is -1.91. The lowest BCUT2D eigenvalue weighted by Crippen LogP contribution is -2.32. The molecule has 0 spiro atoms. The van der Waals surface area contributed by atoms with Gasteiger partial charge in [-0.25, -0.2) is 9.97 Å². The van der Waals surface area contributed by atoms with Crippen LogP contribution >= 0.6 is 0 Å². The van der Waals surface area contributed by atoms with Gasteiger partial charge in [0.1, 0.15) is 12.1 Å². The SMILES string of the molecule is Cn1cc2c(NCC3CC4C=CC3CC4)ncnc2n1. The van der Waals surface area contributed by atoms with Crippen molar-refractivity contribution >= 4 is 16.9 Å². The smallest absolute Gasteiger partial charge is 0.186 e. The molecule has 2 aromatic heterocycles. The third-order valence-corrected chi connectivity index (χ3v) is 4.68. The zero-order valence-corrected chi connectivity index (χ0v) is 11.7. The summed E-state index contributed by atoms with van der Waals surface area (Å²) in [5.41, 5.74) is 0.759. The van der Waals surface area contributed by atoms with Gasteiger partial charge in [0.05, 0.1) is 5.39 Å². The third kappa shape index (κ3) is 1.97. The normalized spacial score (nSPS) is 28.1. The van der Waals surface area contributed by atoms with Gasteiger partial charge < -0.3 is 5.32 Å². The maximum absolute atomic E-state index is 4.37. The van der Waals surface area contributed by atoms with Crippen molar-refractivity contribution in [2.75, 3.05) is 11.9 Å². The summed E-state index contributed by atoms with van der Waals surface area (Å²) < 4.78 is 1.79. The zero-order valence-electron chi connectivity index (χ0n) is 11.7. The number of allylic oxidation sites excluding steroid dienone is 2. The summed E-state index contributed by atoms with van der Waals surface area (Å²) in [6.45, 7) is 0.993. The highest BCUT2D eigenvalue weighted by Crippen LogP contribution is 2.40. The van der Waals surface area contributed by atoms with Crippen LogP contribution in [0.3, 0.4) is 0 Å². The molecule has 3 aliphatic rings. The molecule has 1 fully saturated rings. The van der Waals surface area contributed by atoms with Gasteiger partial charge in [0.15, 0.2) is 5.65 Å². The molecule has 0 saturated heterocycles. The second kappa shape index (κ2) is 4.58. The minimum absolute atomic E-state index is 0.737. The highest BCUT2D eigenvalue weighted by molar-refractivity contribution is 5.85. The zero-order chi connectivity index (χ0) is 13.5. The van der Waals surface area contributed by atoms with E-state index < -0.39 is 0 Å². The molecule has 0 aliphatic heterocycles. The third-order valence-electron chi connectivity index (χ3n) is 4.68. The Morgan fingerprint density at radius 1 is 1.30 bits per heavy atom. The van der Waals surface area contributed by atoms with E-state index in [1.807, 2.05) is 13.2 Å². The summed E-state index contributed by atoms with van der Waals surface area (Å²) in [7, 11) is 1.91. The molecule has 0 aromatic carbocycles. The Kier molecular flexibility index (Phi) is 2.72. The molecule has 3 atom stereocenters. The van der Waals surface area contributed by atoms with Crippen LogP contribution in [0.25, 0.3) is 11.0 Å². The monoisotopic (exact) mass is 269 g/mol. The summed E-state index contributed by atoms with van der Waals surface area (Å²) in [5.74, 6) is 3.20. The van der Waals surface area contributed by atoms with Crippen LogP contribution in [0.4, 0.5) is 5.82 Å². The topological polar surface area (TPSA) is 55.6 Å². The molecule has 5 nitrogen and oxygen atoms in total. The fourth-order valence-electron chi connectivity index (χ4n) is 3.61. The van der Waals surface area contributed by atoms with Crippen LogP contribution in [0.2, 0.25) is 0 Å². The molecule has 3 aliphatic carbocycles. The van der Waals surface area contributed by atoms with Crippen molar-refractivity contribution in [3.63, 3.8) is 0 Å². The van der Waals surface area contributed by atoms with Gasteiger partial charge >= 0.3 is 0 Å². The summed E-state index contributed by atoms with van der Waals surface area (Å²) in [6.07, 6.45) is 12.4. The maximum atomic E-state index is 4.37. The van der Waals surface area contributed by atoms with Crippen LogP contribution in [0.1, 0.15) is 19.3 Å². The standard InChI is InChI=1S/C15H19N5/c1-20-8-13-14(17-9-18-15(13)19-20)16-7-12-6-10-2-4-11(12)5-3-10/h2,4,8-12H,3,5-7H2,1H3,(H,16,17,18,19). The lowest BCUT2D eigenvalue weighted by atomic mass is 9.69. The molecule has 2 heterocycles. The van der Waals surface area contributed by atoms with Gasteiger partial charge in [-0.1, -0.05) is 12.2 Å². The number of hydrogen-bond acceptors (Lipinski definition) is 4. The van der Waals surface area contributed by atoms with Gasteiger partial charge in [0.25, 0.3) is 0 Å². The molecular formula is C15H19N5. The fraction of sp³-hybridized carbons (Fsp3) is 0.533. The van der Waals surface area contributed by atoms with Crippen LogP contribution in [-0.4, -0.2) is 26.3 Å². The molecule has 20 heavy (non-hydrogen) atoms. The first kappa shape index (κ1) is 11.9. The number of rotatable bonds is 3. The van der Waals surface area contributed by atoms with Gasteiger partial charge in [-0.2, -0.15) is 5.10 Å². The van der Waals surface area contributed by atoms with Crippen molar-refractivity contribution in [1.29, 1.82) is 0 Å². The first-order chi connectivity index (χ1) is 9.79. The second-order valence-corrected chi connectivity index (χ2v) is 6.03. The molecule has 1 saturated carbocycles. The Labute approximate surface area is 118 Å². The predicted molar refractivity (Wildman–Crippen MR) is 78.3 cm³/mol. The molecule has 1 N–H and O–H groups in total. The highest BCUT2D eigenvalue weighted by atomic mass is 15.3. The summed E-state index contributed by atoms with van der Waals surface area (Å²) in [5, 5.41) is 8.84. The lowest BCUT2D eigenvalue weighted by Gasteiger charge is -2.38. The van der Waals surface area contributed by atoms with E-state index in [0.717, 1.165) is 41.1 Å². The van der Waals surface area contributed by atoms with Crippen molar-refractivity contribution in [3.05, 3.63) is 24.7 Å². The number of fused-ring (bicyclic) bond motifs is 3. The van der Waals surface area contributed by atoms with Crippen LogP contribution in [0.5, 0.6) is 0 Å². The molecule has 0 amide bonds. The Balaban J connectivity index is 1.52. The van der Waals surface area contributed by atoms with Crippen molar-refractivity contribution in [2.24, 2.45) is 24.8 Å². The average molecular weight is 269 g/mol. The number of anilines is 1. The van der Waals surface area contributed by atoms with E-state index in [2.05, 4.69) is 32.5 Å². The van der Waals surface area contributed by atoms with Gasteiger partial charge in [-0.15, -0.1) is 0 Å². The van der Waals surface area contributed by atoms with E-state index in [9.17, 15) is 0 Å². The molecule has 104 valence electrons. The van der Waals surface area contributed by atoms with E-state index in [1.165, 1.54) is 19.3 Å². The molecule has 2 aromatic rings. The number of nitrogens with zero attached hydrogens (tertiary/aromatic N) is 4. The van der Waals surface area contributed by atoms with Gasteiger partial charge in [0, 0.05) is 19.8 Å². The molecule has 0 radical (unpaired) electrons. The van der Waals surface area contributed by atoms with Gasteiger partial charge in [-0.05, 0) is 37.0 Å². The number of aromatic nitrogens is 4. The van der Waals surface area contributed by atoms with Crippen LogP contribution < -0.4 is 5.32 Å². The molecular weight excluding hydrogens is 250 g/mol. The van der Waals surface area contributed by atoms with E-state index in [4.69, 9.17) is 0 Å². The highest BCUT2D eigenvalue weighted by Gasteiger charge is 2.31. The quantitative estimate of drug-likeness (QED) is 0.869. The van der Waals surface area contributed by atoms with E-state index in [-0.39, 0.29) is 0 Å². The van der Waals surface area contributed by atoms with Crippen molar-refractivity contribution < 1.29 is 0 Å². The van der Waals surface area contributed by atoms with Crippen molar-refractivity contribution in [2.45, 2.75) is 19.3 Å². The van der Waals surface area contributed by atoms with Crippen LogP contribution in [0.15, 0.2) is 24.7 Å². The summed E-state index contributed by atoms with van der Waals surface area (Å²) in [4.78, 5) is 8.57. The predicted octanol–water partition coefficient (Wildman–Crippen LogP) is 2.38. The first-order valence-electron chi connectivity index (χ1n) is 7.36. The molecule has 5 heteroatoms. The van der Waals surface area contributed by atoms with E-state index >= 15 is 0 Å². The number of aryl methyl sites for hydroxylation is 1. The molecule has 5 rings (SSSR count). The fourth-order valence-corrected chi connectivity index (χ4v) is 3.61. The van der Waals surface area contributed by atoms with Gasteiger partial charge in [0.2, 0.25) is 0 Å². The van der Waals surface area contributed by atoms with Crippen LogP contribution in [0, 0.1) is 17.8 Å². The summed E-state index contributed by atoms with van der Waals surface area (Å²) in [6, 6.07) is 0. The average Bonchev–Trinajstić information content (AvgIpc) is 2.87. The Morgan fingerprint density at radius 2 is 2.25 bits per heavy atom. The minimum atomic E-state index is 0.737. The first-order valence-corrected chi connectivity index (χ1v) is 7.36. The number of hydrogen-bond donors (Lipinski definition) is 1.